The molecule has 0 unspecified atom stereocenters. The average Bonchev–Trinajstić information content (AvgIpc) is 2.60. The fourth-order valence-corrected chi connectivity index (χ4v) is 2.39. The number of hydrogen-bond acceptors (Lipinski definition) is 5. The van der Waals surface area contributed by atoms with Gasteiger partial charge in [-0.25, -0.2) is 9.59 Å². The summed E-state index contributed by atoms with van der Waals surface area (Å²) in [6.07, 6.45) is 3.53. The van der Waals surface area contributed by atoms with Gasteiger partial charge < -0.3 is 14.8 Å². The highest BCUT2D eigenvalue weighted by Gasteiger charge is 2.19. The number of unbranched alkanes of at least 4 members (excludes halogenated alkanes) is 1. The molecule has 0 bridgehead atoms. The highest BCUT2D eigenvalue weighted by Crippen LogP contribution is 2.20. The number of ether oxygens (including phenoxy) is 2. The molecular weight excluding hydrogens is 310 g/mol. The number of carbonyl (C=O) groups is 3. The molecule has 0 saturated carbocycles. The Bertz CT molecular complexity index is 563. The second kappa shape index (κ2) is 9.70. The van der Waals surface area contributed by atoms with E-state index in [4.69, 9.17) is 0 Å². The molecule has 0 aromatic heterocycles. The number of esters is 2. The highest BCUT2D eigenvalue weighted by molar-refractivity contribution is 5.99. The fraction of sp³-hybridized carbons (Fsp3) is 0.500. The Morgan fingerprint density at radius 1 is 1.00 bits per heavy atom. The Morgan fingerprint density at radius 2 is 1.54 bits per heavy atom. The van der Waals surface area contributed by atoms with Gasteiger partial charge in [-0.15, -0.1) is 0 Å². The first-order valence-electron chi connectivity index (χ1n) is 8.09. The summed E-state index contributed by atoms with van der Waals surface area (Å²) >= 11 is 0. The van der Waals surface area contributed by atoms with E-state index in [2.05, 4.69) is 21.7 Å². The number of carbonyl (C=O) groups excluding carboxylic acids is 3. The van der Waals surface area contributed by atoms with Crippen LogP contribution in [0.25, 0.3) is 0 Å². The van der Waals surface area contributed by atoms with Gasteiger partial charge in [0, 0.05) is 11.6 Å². The standard InChI is InChI=1S/C18H25NO5/c1-5-7-8-12(6-2)16(20)19-15-10-13(17(21)23-3)9-14(11-15)18(22)24-4/h9-12H,5-8H2,1-4H3,(H,19,20)/t12-/m1/s1. The zero-order valence-corrected chi connectivity index (χ0v) is 14.7. The Kier molecular flexibility index (Phi) is 7.95. The van der Waals surface area contributed by atoms with Gasteiger partial charge in [0.2, 0.25) is 5.91 Å². The van der Waals surface area contributed by atoms with Crippen LogP contribution in [-0.2, 0) is 14.3 Å². The number of hydrogen-bond donors (Lipinski definition) is 1. The van der Waals surface area contributed by atoms with Crippen LogP contribution in [0, 0.1) is 5.92 Å². The van der Waals surface area contributed by atoms with Crippen LogP contribution < -0.4 is 5.32 Å². The first kappa shape index (κ1) is 19.7. The summed E-state index contributed by atoms with van der Waals surface area (Å²) in [4.78, 5) is 35.9. The molecule has 0 aliphatic rings. The van der Waals surface area contributed by atoms with Crippen molar-refractivity contribution in [3.05, 3.63) is 29.3 Å². The lowest BCUT2D eigenvalue weighted by Gasteiger charge is -2.15. The van der Waals surface area contributed by atoms with Crippen molar-refractivity contribution in [3.8, 4) is 0 Å². The third-order valence-corrected chi connectivity index (χ3v) is 3.81. The number of anilines is 1. The second-order valence-electron chi connectivity index (χ2n) is 5.52. The zero-order valence-electron chi connectivity index (χ0n) is 14.7. The van der Waals surface area contributed by atoms with Gasteiger partial charge in [-0.2, -0.15) is 0 Å². The Balaban J connectivity index is 3.06. The fourth-order valence-electron chi connectivity index (χ4n) is 2.39. The smallest absolute Gasteiger partial charge is 0.337 e. The lowest BCUT2D eigenvalue weighted by atomic mass is 9.98. The molecule has 1 atom stereocenters. The monoisotopic (exact) mass is 335 g/mol. The minimum absolute atomic E-state index is 0.103. The maximum absolute atomic E-state index is 12.4. The molecule has 0 saturated heterocycles. The normalized spacial score (nSPS) is 11.5. The summed E-state index contributed by atoms with van der Waals surface area (Å²) < 4.78 is 9.37. The number of amides is 1. The summed E-state index contributed by atoms with van der Waals surface area (Å²) in [7, 11) is 2.51. The van der Waals surface area contributed by atoms with Crippen molar-refractivity contribution >= 4 is 23.5 Å². The van der Waals surface area contributed by atoms with Gasteiger partial charge in [0.25, 0.3) is 0 Å². The third kappa shape index (κ3) is 5.37. The van der Waals surface area contributed by atoms with Crippen LogP contribution in [0.15, 0.2) is 18.2 Å². The van der Waals surface area contributed by atoms with E-state index >= 15 is 0 Å². The molecular formula is C18H25NO5. The van der Waals surface area contributed by atoms with Crippen molar-refractivity contribution in [2.45, 2.75) is 39.5 Å². The van der Waals surface area contributed by atoms with E-state index < -0.39 is 11.9 Å². The minimum Gasteiger partial charge on any atom is -0.465 e. The minimum atomic E-state index is -0.589. The molecule has 0 aliphatic heterocycles. The van der Waals surface area contributed by atoms with Crippen molar-refractivity contribution in [2.24, 2.45) is 5.92 Å². The number of nitrogens with one attached hydrogen (secondary N) is 1. The predicted octanol–water partition coefficient (Wildman–Crippen LogP) is 3.41. The van der Waals surface area contributed by atoms with Crippen molar-refractivity contribution in [2.75, 3.05) is 19.5 Å². The molecule has 132 valence electrons. The van der Waals surface area contributed by atoms with Crippen molar-refractivity contribution in [1.29, 1.82) is 0 Å². The first-order chi connectivity index (χ1) is 11.5. The SMILES string of the molecule is CCCC[C@@H](CC)C(=O)Nc1cc(C(=O)OC)cc(C(=O)OC)c1. The zero-order chi connectivity index (χ0) is 18.1. The largest absolute Gasteiger partial charge is 0.465 e. The highest BCUT2D eigenvalue weighted by atomic mass is 16.5. The van der Waals surface area contributed by atoms with Crippen molar-refractivity contribution < 1.29 is 23.9 Å². The van der Waals surface area contributed by atoms with Crippen molar-refractivity contribution in [1.82, 2.24) is 0 Å². The van der Waals surface area contributed by atoms with E-state index in [-0.39, 0.29) is 23.0 Å². The second-order valence-corrected chi connectivity index (χ2v) is 5.52. The quantitative estimate of drug-likeness (QED) is 0.736. The topological polar surface area (TPSA) is 81.7 Å². The molecule has 0 heterocycles. The van der Waals surface area contributed by atoms with E-state index in [0.717, 1.165) is 25.7 Å². The number of benzene rings is 1. The van der Waals surface area contributed by atoms with E-state index in [1.165, 1.54) is 32.4 Å². The first-order valence-corrected chi connectivity index (χ1v) is 8.09. The van der Waals surface area contributed by atoms with Crippen LogP contribution in [0.2, 0.25) is 0 Å². The predicted molar refractivity (Wildman–Crippen MR) is 91.1 cm³/mol. The van der Waals surface area contributed by atoms with Gasteiger partial charge in [-0.05, 0) is 31.0 Å². The molecule has 1 aromatic carbocycles. The molecule has 0 fully saturated rings. The summed E-state index contributed by atoms with van der Waals surface area (Å²) in [6.45, 7) is 4.04. The van der Waals surface area contributed by atoms with E-state index in [1.54, 1.807) is 0 Å². The lowest BCUT2D eigenvalue weighted by Crippen LogP contribution is -2.22. The van der Waals surface area contributed by atoms with E-state index in [1.807, 2.05) is 6.92 Å². The average molecular weight is 335 g/mol. The van der Waals surface area contributed by atoms with Crippen LogP contribution in [0.3, 0.4) is 0 Å². The number of rotatable bonds is 8. The molecule has 6 nitrogen and oxygen atoms in total. The maximum atomic E-state index is 12.4. The Hall–Kier alpha value is -2.37. The molecule has 1 amide bonds. The molecule has 1 N–H and O–H groups in total. The van der Waals surface area contributed by atoms with Crippen LogP contribution in [0.5, 0.6) is 0 Å². The van der Waals surface area contributed by atoms with Gasteiger partial charge in [0.1, 0.15) is 0 Å². The summed E-state index contributed by atoms with van der Waals surface area (Å²) in [5.74, 6) is -1.40. The molecule has 24 heavy (non-hydrogen) atoms. The summed E-state index contributed by atoms with van der Waals surface area (Å²) in [5.41, 5.74) is 0.730. The van der Waals surface area contributed by atoms with Crippen molar-refractivity contribution in [3.63, 3.8) is 0 Å². The van der Waals surface area contributed by atoms with E-state index in [0.29, 0.717) is 5.69 Å². The van der Waals surface area contributed by atoms with E-state index in [9.17, 15) is 14.4 Å². The van der Waals surface area contributed by atoms with Gasteiger partial charge in [-0.1, -0.05) is 26.7 Å². The Morgan fingerprint density at radius 3 is 1.96 bits per heavy atom. The molecule has 0 aliphatic carbocycles. The van der Waals surface area contributed by atoms with Gasteiger partial charge in [0.15, 0.2) is 0 Å². The van der Waals surface area contributed by atoms with Gasteiger partial charge >= 0.3 is 11.9 Å². The Labute approximate surface area is 142 Å². The molecule has 0 spiro atoms. The molecule has 6 heteroatoms. The maximum Gasteiger partial charge on any atom is 0.337 e. The summed E-state index contributed by atoms with van der Waals surface area (Å²) in [6, 6.07) is 4.35. The molecule has 0 radical (unpaired) electrons. The summed E-state index contributed by atoms with van der Waals surface area (Å²) in [5, 5.41) is 2.79. The lowest BCUT2D eigenvalue weighted by molar-refractivity contribution is -0.120. The number of methoxy groups -OCH3 is 2. The molecule has 1 rings (SSSR count). The van der Waals surface area contributed by atoms with Gasteiger partial charge in [-0.3, -0.25) is 4.79 Å². The van der Waals surface area contributed by atoms with Crippen LogP contribution in [0.1, 0.15) is 60.2 Å². The van der Waals surface area contributed by atoms with Crippen LogP contribution >= 0.6 is 0 Å². The van der Waals surface area contributed by atoms with Gasteiger partial charge in [0.05, 0.1) is 25.3 Å². The third-order valence-electron chi connectivity index (χ3n) is 3.81. The molecule has 1 aromatic rings. The van der Waals surface area contributed by atoms with Crippen LogP contribution in [-0.4, -0.2) is 32.1 Å². The van der Waals surface area contributed by atoms with Crippen LogP contribution in [0.4, 0.5) is 5.69 Å².